The topological polar surface area (TPSA) is 45.5 Å². The number of aliphatic imine (C=N–C) groups is 1. The second kappa shape index (κ2) is 9.22. The van der Waals surface area contributed by atoms with E-state index in [1.807, 2.05) is 0 Å². The van der Waals surface area contributed by atoms with Gasteiger partial charge in [0.1, 0.15) is 0 Å². The highest BCUT2D eigenvalue weighted by Gasteiger charge is 2.09. The average Bonchev–Trinajstić information content (AvgIpc) is 3.13. The van der Waals surface area contributed by atoms with Gasteiger partial charge in [-0.2, -0.15) is 0 Å². The summed E-state index contributed by atoms with van der Waals surface area (Å²) >= 11 is 5.26. The molecule has 0 fully saturated rings. The highest BCUT2D eigenvalue weighted by molar-refractivity contribution is 9.10. The molecule has 7 heteroatoms. The second-order valence-electron chi connectivity index (χ2n) is 5.69. The molecule has 2 aromatic rings. The number of rotatable bonds is 7. The third-order valence-electron chi connectivity index (χ3n) is 3.70. The molecule has 2 rings (SSSR count). The molecule has 0 amide bonds. The van der Waals surface area contributed by atoms with Crippen molar-refractivity contribution in [3.05, 3.63) is 38.5 Å². The predicted molar refractivity (Wildman–Crippen MR) is 106 cm³/mol. The van der Waals surface area contributed by atoms with Gasteiger partial charge in [0, 0.05) is 55.3 Å². The van der Waals surface area contributed by atoms with Crippen LogP contribution in [0.4, 0.5) is 0 Å². The van der Waals surface area contributed by atoms with Gasteiger partial charge < -0.3 is 14.8 Å². The lowest BCUT2D eigenvalue weighted by atomic mass is 10.3. The van der Waals surface area contributed by atoms with Crippen LogP contribution in [0.2, 0.25) is 0 Å². The van der Waals surface area contributed by atoms with Crippen LogP contribution < -0.4 is 5.32 Å². The summed E-state index contributed by atoms with van der Waals surface area (Å²) < 4.78 is 3.23. The third-order valence-corrected chi connectivity index (χ3v) is 5.18. The molecule has 0 saturated carbocycles. The van der Waals surface area contributed by atoms with E-state index < -0.39 is 0 Å². The maximum absolute atomic E-state index is 4.75. The van der Waals surface area contributed by atoms with E-state index in [1.54, 1.807) is 11.3 Å². The highest BCUT2D eigenvalue weighted by Crippen LogP contribution is 2.15. The zero-order chi connectivity index (χ0) is 17.5. The van der Waals surface area contributed by atoms with Gasteiger partial charge in [-0.25, -0.2) is 4.98 Å². The number of nitrogens with zero attached hydrogens (tertiary/aromatic N) is 4. The Morgan fingerprint density at radius 1 is 1.46 bits per heavy atom. The van der Waals surface area contributed by atoms with Crippen LogP contribution in [0.3, 0.4) is 0 Å². The van der Waals surface area contributed by atoms with E-state index in [-0.39, 0.29) is 0 Å². The fourth-order valence-corrected chi connectivity index (χ4v) is 3.76. The van der Waals surface area contributed by atoms with E-state index in [4.69, 9.17) is 4.99 Å². The van der Waals surface area contributed by atoms with Gasteiger partial charge in [-0.1, -0.05) is 6.92 Å². The number of nitrogens with one attached hydrogen (secondary N) is 1. The van der Waals surface area contributed by atoms with Crippen molar-refractivity contribution in [3.8, 4) is 0 Å². The third kappa shape index (κ3) is 5.34. The van der Waals surface area contributed by atoms with Crippen LogP contribution in [0, 0.1) is 0 Å². The van der Waals surface area contributed by atoms with E-state index in [2.05, 4.69) is 81.3 Å². The van der Waals surface area contributed by atoms with Gasteiger partial charge >= 0.3 is 0 Å². The molecular weight excluding hydrogens is 386 g/mol. The van der Waals surface area contributed by atoms with Gasteiger partial charge in [0.05, 0.1) is 17.2 Å². The van der Waals surface area contributed by atoms with Gasteiger partial charge in [-0.3, -0.25) is 4.99 Å². The predicted octanol–water partition coefficient (Wildman–Crippen LogP) is 3.45. The van der Waals surface area contributed by atoms with Crippen LogP contribution in [0.1, 0.15) is 30.2 Å². The van der Waals surface area contributed by atoms with Gasteiger partial charge in [-0.05, 0) is 35.3 Å². The standard InChI is InChI=1S/C17H26BrN5S/c1-5-16-21-14(12-24-16)7-8-20-17(19-6-2)23(4)11-15-9-13(18)10-22(15)3/h9-10,12H,5-8,11H2,1-4H3,(H,19,20). The molecule has 2 aromatic heterocycles. The molecule has 0 unspecified atom stereocenters. The molecule has 1 N–H and O–H groups in total. The quantitative estimate of drug-likeness (QED) is 0.560. The molecule has 0 saturated heterocycles. The molecule has 24 heavy (non-hydrogen) atoms. The summed E-state index contributed by atoms with van der Waals surface area (Å²) in [5, 5.41) is 6.72. The van der Waals surface area contributed by atoms with Crippen LogP contribution in [-0.2, 0) is 26.4 Å². The lowest BCUT2D eigenvalue weighted by Gasteiger charge is -2.22. The number of halogens is 1. The molecule has 0 aliphatic carbocycles. The first-order valence-corrected chi connectivity index (χ1v) is 9.94. The van der Waals surface area contributed by atoms with Crippen molar-refractivity contribution in [2.75, 3.05) is 20.1 Å². The fourth-order valence-electron chi connectivity index (χ4n) is 2.41. The zero-order valence-electron chi connectivity index (χ0n) is 14.8. The normalized spacial score (nSPS) is 11.8. The minimum absolute atomic E-state index is 0.746. The Balaban J connectivity index is 1.97. The minimum atomic E-state index is 0.746. The van der Waals surface area contributed by atoms with Gasteiger partial charge in [0.25, 0.3) is 0 Å². The van der Waals surface area contributed by atoms with Crippen LogP contribution >= 0.6 is 27.3 Å². The first-order chi connectivity index (χ1) is 11.5. The largest absolute Gasteiger partial charge is 0.357 e. The first-order valence-electron chi connectivity index (χ1n) is 8.27. The van der Waals surface area contributed by atoms with Crippen LogP contribution in [-0.4, -0.2) is 40.5 Å². The molecule has 0 spiro atoms. The van der Waals surface area contributed by atoms with Crippen LogP contribution in [0.5, 0.6) is 0 Å². The summed E-state index contributed by atoms with van der Waals surface area (Å²) in [6.07, 6.45) is 3.96. The molecular formula is C17H26BrN5S. The summed E-state index contributed by atoms with van der Waals surface area (Å²) in [5.74, 6) is 0.931. The SMILES string of the molecule is CCNC(=NCCc1csc(CC)n1)N(C)Cc1cc(Br)cn1C. The summed E-state index contributed by atoms with van der Waals surface area (Å²) in [6, 6.07) is 2.14. The number of hydrogen-bond acceptors (Lipinski definition) is 3. The smallest absolute Gasteiger partial charge is 0.194 e. The molecule has 0 aromatic carbocycles. The van der Waals surface area contributed by atoms with Crippen LogP contribution in [0.25, 0.3) is 0 Å². The molecule has 5 nitrogen and oxygen atoms in total. The van der Waals surface area contributed by atoms with Gasteiger partial charge in [0.2, 0.25) is 0 Å². The Hall–Kier alpha value is -1.34. The van der Waals surface area contributed by atoms with E-state index >= 15 is 0 Å². The monoisotopic (exact) mass is 411 g/mol. The minimum Gasteiger partial charge on any atom is -0.357 e. The lowest BCUT2D eigenvalue weighted by Crippen LogP contribution is -2.39. The molecule has 0 atom stereocenters. The summed E-state index contributed by atoms with van der Waals surface area (Å²) in [7, 11) is 4.13. The number of aromatic nitrogens is 2. The molecule has 0 bridgehead atoms. The van der Waals surface area contributed by atoms with Crippen molar-refractivity contribution >= 4 is 33.2 Å². The van der Waals surface area contributed by atoms with E-state index in [0.717, 1.165) is 48.6 Å². The van der Waals surface area contributed by atoms with Gasteiger partial charge in [-0.15, -0.1) is 11.3 Å². The van der Waals surface area contributed by atoms with E-state index in [9.17, 15) is 0 Å². The maximum Gasteiger partial charge on any atom is 0.194 e. The molecule has 2 heterocycles. The zero-order valence-corrected chi connectivity index (χ0v) is 17.2. The van der Waals surface area contributed by atoms with Crippen molar-refractivity contribution < 1.29 is 0 Å². The number of hydrogen-bond donors (Lipinski definition) is 1. The Bertz CT molecular complexity index is 676. The summed E-state index contributed by atoms with van der Waals surface area (Å²) in [6.45, 7) is 6.65. The Labute approximate surface area is 156 Å². The Kier molecular flexibility index (Phi) is 7.30. The highest BCUT2D eigenvalue weighted by atomic mass is 79.9. The molecule has 132 valence electrons. The van der Waals surface area contributed by atoms with Crippen molar-refractivity contribution in [1.82, 2.24) is 19.8 Å². The van der Waals surface area contributed by atoms with E-state index in [0.29, 0.717) is 0 Å². The van der Waals surface area contributed by atoms with E-state index in [1.165, 1.54) is 10.7 Å². The van der Waals surface area contributed by atoms with Crippen LogP contribution in [0.15, 0.2) is 27.1 Å². The Morgan fingerprint density at radius 2 is 2.25 bits per heavy atom. The van der Waals surface area contributed by atoms with Crippen molar-refractivity contribution in [1.29, 1.82) is 0 Å². The number of thiazole rings is 1. The first kappa shape index (κ1) is 19.0. The summed E-state index contributed by atoms with van der Waals surface area (Å²) in [5.41, 5.74) is 2.38. The van der Waals surface area contributed by atoms with Gasteiger partial charge in [0.15, 0.2) is 5.96 Å². The van der Waals surface area contributed by atoms with Crippen molar-refractivity contribution in [3.63, 3.8) is 0 Å². The maximum atomic E-state index is 4.75. The fraction of sp³-hybridized carbons (Fsp3) is 0.529. The lowest BCUT2D eigenvalue weighted by molar-refractivity contribution is 0.462. The molecule has 0 radical (unpaired) electrons. The Morgan fingerprint density at radius 3 is 2.83 bits per heavy atom. The molecule has 0 aliphatic rings. The molecule has 0 aliphatic heterocycles. The van der Waals surface area contributed by atoms with Crippen molar-refractivity contribution in [2.45, 2.75) is 33.2 Å². The number of aryl methyl sites for hydroxylation is 2. The number of guanidine groups is 1. The van der Waals surface area contributed by atoms with Crippen molar-refractivity contribution in [2.24, 2.45) is 12.0 Å². The second-order valence-corrected chi connectivity index (χ2v) is 7.55. The average molecular weight is 412 g/mol. The summed E-state index contributed by atoms with van der Waals surface area (Å²) in [4.78, 5) is 11.5.